The van der Waals surface area contributed by atoms with Gasteiger partial charge in [0.15, 0.2) is 0 Å². The van der Waals surface area contributed by atoms with E-state index in [1.54, 1.807) is 16.8 Å². The van der Waals surface area contributed by atoms with E-state index in [-0.39, 0.29) is 0 Å². The number of carbonyl (C=O) groups is 1. The van der Waals surface area contributed by atoms with Gasteiger partial charge in [-0.25, -0.2) is 0 Å². The largest absolute Gasteiger partial charge is 0.343 e. The van der Waals surface area contributed by atoms with E-state index in [0.717, 1.165) is 10.6 Å². The quantitative estimate of drug-likeness (QED) is 0.649. The van der Waals surface area contributed by atoms with Crippen LogP contribution in [0.1, 0.15) is 0 Å². The predicted molar refractivity (Wildman–Crippen MR) is 46.8 cm³/mol. The first-order chi connectivity index (χ1) is 5.92. The molecule has 0 saturated carbocycles. The van der Waals surface area contributed by atoms with Gasteiger partial charge in [-0.1, -0.05) is 23.9 Å². The third kappa shape index (κ3) is 1.14. The maximum absolute atomic E-state index is 10.1. The van der Waals surface area contributed by atoms with E-state index < -0.39 is 0 Å². The van der Waals surface area contributed by atoms with Crippen LogP contribution in [0.5, 0.6) is 0 Å². The van der Waals surface area contributed by atoms with Crippen LogP contribution in [-0.4, -0.2) is 12.3 Å². The summed E-state index contributed by atoms with van der Waals surface area (Å²) < 4.78 is 0. The molecule has 1 aromatic carbocycles. The molecular weight excluding hydrogens is 174 g/mol. The molecule has 0 aromatic heterocycles. The molecular formula is C8H7NO2S. The molecule has 0 aliphatic carbocycles. The van der Waals surface area contributed by atoms with Crippen LogP contribution in [0.15, 0.2) is 29.2 Å². The third-order valence-corrected chi connectivity index (χ3v) is 2.66. The lowest BCUT2D eigenvalue weighted by Crippen LogP contribution is -2.18. The summed E-state index contributed by atoms with van der Waals surface area (Å²) in [6.07, 6.45) is 0. The number of hydroxylamine groups is 1. The van der Waals surface area contributed by atoms with Crippen LogP contribution in [-0.2, 0) is 9.63 Å². The van der Waals surface area contributed by atoms with Gasteiger partial charge in [0.1, 0.15) is 5.88 Å². The van der Waals surface area contributed by atoms with Gasteiger partial charge < -0.3 is 4.84 Å². The van der Waals surface area contributed by atoms with Crippen molar-refractivity contribution in [1.29, 1.82) is 0 Å². The minimum atomic E-state index is 0.447. The van der Waals surface area contributed by atoms with E-state index in [1.165, 1.54) is 0 Å². The molecule has 2 rings (SSSR count). The van der Waals surface area contributed by atoms with Gasteiger partial charge >= 0.3 is 6.47 Å². The number of anilines is 1. The molecule has 62 valence electrons. The fourth-order valence-corrected chi connectivity index (χ4v) is 2.07. The molecule has 1 aliphatic rings. The Morgan fingerprint density at radius 3 is 3.17 bits per heavy atom. The van der Waals surface area contributed by atoms with Crippen LogP contribution >= 0.6 is 11.8 Å². The van der Waals surface area contributed by atoms with Gasteiger partial charge in [-0.05, 0) is 12.1 Å². The molecule has 0 fully saturated rings. The Morgan fingerprint density at radius 1 is 1.50 bits per heavy atom. The molecule has 12 heavy (non-hydrogen) atoms. The number of rotatable bonds is 2. The fraction of sp³-hybridized carbons (Fsp3) is 0.125. The van der Waals surface area contributed by atoms with Crippen molar-refractivity contribution < 1.29 is 9.63 Å². The monoisotopic (exact) mass is 181 g/mol. The van der Waals surface area contributed by atoms with Crippen molar-refractivity contribution in [2.24, 2.45) is 0 Å². The molecule has 0 unspecified atom stereocenters. The third-order valence-electron chi connectivity index (χ3n) is 1.64. The maximum atomic E-state index is 10.1. The first kappa shape index (κ1) is 7.49. The highest BCUT2D eigenvalue weighted by atomic mass is 32.2. The molecule has 3 nitrogen and oxygen atoms in total. The van der Waals surface area contributed by atoms with Crippen molar-refractivity contribution in [3.8, 4) is 0 Å². The Balaban J connectivity index is 2.29. The lowest BCUT2D eigenvalue weighted by molar-refractivity contribution is -0.129. The van der Waals surface area contributed by atoms with Gasteiger partial charge in [0.05, 0.1) is 5.69 Å². The van der Waals surface area contributed by atoms with Crippen LogP contribution in [0, 0.1) is 0 Å². The summed E-state index contributed by atoms with van der Waals surface area (Å²) >= 11 is 1.66. The zero-order valence-corrected chi connectivity index (χ0v) is 7.08. The van der Waals surface area contributed by atoms with Gasteiger partial charge in [0, 0.05) is 4.90 Å². The highest BCUT2D eigenvalue weighted by Crippen LogP contribution is 2.37. The smallest absolute Gasteiger partial charge is 0.320 e. The number of hydrogen-bond donors (Lipinski definition) is 0. The van der Waals surface area contributed by atoms with Gasteiger partial charge in [-0.3, -0.25) is 4.79 Å². The minimum Gasteiger partial charge on any atom is -0.343 e. The number of fused-ring (bicyclic) bond motifs is 1. The van der Waals surface area contributed by atoms with Crippen molar-refractivity contribution in [2.45, 2.75) is 4.90 Å². The molecule has 0 spiro atoms. The van der Waals surface area contributed by atoms with Crippen molar-refractivity contribution in [1.82, 2.24) is 0 Å². The maximum Gasteiger partial charge on any atom is 0.320 e. The van der Waals surface area contributed by atoms with Crippen LogP contribution in [0.25, 0.3) is 0 Å². The molecule has 0 saturated heterocycles. The summed E-state index contributed by atoms with van der Waals surface area (Å²) in [7, 11) is 0. The summed E-state index contributed by atoms with van der Waals surface area (Å²) in [6.45, 7) is 0.447. The van der Waals surface area contributed by atoms with Crippen LogP contribution in [0.2, 0.25) is 0 Å². The number of nitrogens with zero attached hydrogens (tertiary/aromatic N) is 1. The number of benzene rings is 1. The Morgan fingerprint density at radius 2 is 2.33 bits per heavy atom. The van der Waals surface area contributed by atoms with Gasteiger partial charge in [-0.15, -0.1) is 0 Å². The molecule has 1 aromatic rings. The van der Waals surface area contributed by atoms with E-state index in [4.69, 9.17) is 4.84 Å². The molecule has 1 aliphatic heterocycles. The van der Waals surface area contributed by atoms with Crippen LogP contribution in [0.3, 0.4) is 0 Å². The van der Waals surface area contributed by atoms with Gasteiger partial charge in [-0.2, -0.15) is 5.06 Å². The summed E-state index contributed by atoms with van der Waals surface area (Å²) in [5.74, 6) is 0.679. The second-order valence-electron chi connectivity index (χ2n) is 2.32. The van der Waals surface area contributed by atoms with Crippen molar-refractivity contribution in [3.63, 3.8) is 0 Å². The summed E-state index contributed by atoms with van der Waals surface area (Å²) in [4.78, 5) is 16.0. The number of carbonyl (C=O) groups excluding carboxylic acids is 1. The first-order valence-electron chi connectivity index (χ1n) is 3.51. The number of thioether (sulfide) groups is 1. The van der Waals surface area contributed by atoms with E-state index in [2.05, 4.69) is 0 Å². The summed E-state index contributed by atoms with van der Waals surface area (Å²) in [5, 5.41) is 1.58. The Kier molecular flexibility index (Phi) is 1.91. The fourth-order valence-electron chi connectivity index (χ4n) is 1.12. The highest BCUT2D eigenvalue weighted by molar-refractivity contribution is 7.99. The van der Waals surface area contributed by atoms with Gasteiger partial charge in [0.25, 0.3) is 0 Å². The predicted octanol–water partition coefficient (Wildman–Crippen LogP) is 1.64. The van der Waals surface area contributed by atoms with Gasteiger partial charge in [0.2, 0.25) is 0 Å². The summed E-state index contributed by atoms with van der Waals surface area (Å²) in [5.41, 5.74) is 0.967. The zero-order chi connectivity index (χ0) is 8.39. The summed E-state index contributed by atoms with van der Waals surface area (Å²) in [6, 6.07) is 7.83. The zero-order valence-electron chi connectivity index (χ0n) is 6.27. The van der Waals surface area contributed by atoms with E-state index in [0.29, 0.717) is 12.3 Å². The molecule has 0 atom stereocenters. The van der Waals surface area contributed by atoms with Crippen molar-refractivity contribution >= 4 is 23.9 Å². The topological polar surface area (TPSA) is 29.5 Å². The second-order valence-corrected chi connectivity index (χ2v) is 3.31. The molecule has 4 heteroatoms. The average Bonchev–Trinajstić information content (AvgIpc) is 2.50. The second kappa shape index (κ2) is 3.06. The molecule has 0 amide bonds. The Bertz CT molecular complexity index is 303. The Labute approximate surface area is 74.3 Å². The lowest BCUT2D eigenvalue weighted by atomic mass is 10.3. The molecule has 1 heterocycles. The average molecular weight is 181 g/mol. The first-order valence-corrected chi connectivity index (χ1v) is 4.50. The van der Waals surface area contributed by atoms with Crippen LogP contribution < -0.4 is 5.06 Å². The van der Waals surface area contributed by atoms with Crippen molar-refractivity contribution in [2.75, 3.05) is 10.9 Å². The van der Waals surface area contributed by atoms with Crippen molar-refractivity contribution in [3.05, 3.63) is 24.3 Å². The van der Waals surface area contributed by atoms with E-state index in [1.807, 2.05) is 24.3 Å². The van der Waals surface area contributed by atoms with E-state index in [9.17, 15) is 4.79 Å². The molecule has 0 N–H and O–H groups in total. The number of hydrogen-bond acceptors (Lipinski definition) is 4. The lowest BCUT2D eigenvalue weighted by Gasteiger charge is -2.12. The number of para-hydroxylation sites is 1. The van der Waals surface area contributed by atoms with E-state index >= 15 is 0 Å². The minimum absolute atomic E-state index is 0.447. The SMILES string of the molecule is O=CON1CSc2ccccc21. The highest BCUT2D eigenvalue weighted by Gasteiger charge is 2.19. The Hall–Kier alpha value is -1.16. The molecule has 0 bridgehead atoms. The van der Waals surface area contributed by atoms with Crippen LogP contribution in [0.4, 0.5) is 5.69 Å². The standard InChI is InChI=1S/C8H7NO2S/c10-6-11-9-5-12-8-4-2-1-3-7(8)9/h1-4,6H,5H2. The normalized spacial score (nSPS) is 14.2. The molecule has 0 radical (unpaired) electrons.